The lowest BCUT2D eigenvalue weighted by Gasteiger charge is -2.33. The average molecular weight is 573 g/mol. The summed E-state index contributed by atoms with van der Waals surface area (Å²) in [6.45, 7) is 5.01. The summed E-state index contributed by atoms with van der Waals surface area (Å²) in [4.78, 5) is 27.8. The number of nitrogens with one attached hydrogen (secondary N) is 1. The maximum atomic E-state index is 12.5. The molecule has 177 valence electrons. The van der Waals surface area contributed by atoms with Crippen molar-refractivity contribution >= 4 is 44.8 Å². The van der Waals surface area contributed by atoms with Crippen molar-refractivity contribution in [2.75, 3.05) is 37.7 Å². The summed E-state index contributed by atoms with van der Waals surface area (Å²) in [5.41, 5.74) is 1.14. The van der Waals surface area contributed by atoms with E-state index < -0.39 is 0 Å². The van der Waals surface area contributed by atoms with Gasteiger partial charge in [0.1, 0.15) is 17.3 Å². The lowest BCUT2D eigenvalue weighted by atomic mass is 9.97. The van der Waals surface area contributed by atoms with E-state index in [1.165, 1.54) is 0 Å². The van der Waals surface area contributed by atoms with Gasteiger partial charge in [-0.3, -0.25) is 9.78 Å². The Morgan fingerprint density at radius 3 is 2.85 bits per heavy atom. The number of carbonyl (C=O) groups is 1. The van der Waals surface area contributed by atoms with E-state index >= 15 is 0 Å². The first-order valence-electron chi connectivity index (χ1n) is 11.6. The third-order valence-corrected chi connectivity index (χ3v) is 6.68. The third kappa shape index (κ3) is 6.28. The zero-order valence-corrected chi connectivity index (χ0v) is 21.3. The van der Waals surface area contributed by atoms with Gasteiger partial charge in [0.05, 0.1) is 30.8 Å². The number of amides is 1. The molecule has 2 aromatic heterocycles. The fourth-order valence-corrected chi connectivity index (χ4v) is 4.39. The number of nitrogens with zero attached hydrogens (tertiary/aromatic N) is 5. The van der Waals surface area contributed by atoms with Crippen molar-refractivity contribution < 1.29 is 14.3 Å². The summed E-state index contributed by atoms with van der Waals surface area (Å²) >= 11 is 2.17. The molecule has 1 saturated heterocycles. The summed E-state index contributed by atoms with van der Waals surface area (Å²) in [7, 11) is 0. The Balaban J connectivity index is 1.37. The normalized spacial score (nSPS) is 19.7. The first-order valence-corrected chi connectivity index (χ1v) is 12.8. The zero-order valence-electron chi connectivity index (χ0n) is 19.1. The van der Waals surface area contributed by atoms with Crippen molar-refractivity contribution in [3.05, 3.63) is 30.1 Å². The van der Waals surface area contributed by atoms with E-state index in [0.717, 1.165) is 43.7 Å². The lowest BCUT2D eigenvalue weighted by Crippen LogP contribution is -2.36. The van der Waals surface area contributed by atoms with Crippen LogP contribution in [0.2, 0.25) is 0 Å². The maximum absolute atomic E-state index is 12.5. The molecule has 1 saturated carbocycles. The number of anilines is 1. The van der Waals surface area contributed by atoms with Crippen LogP contribution in [0, 0.1) is 29.1 Å². The van der Waals surface area contributed by atoms with E-state index in [1.807, 2.05) is 24.2 Å². The highest BCUT2D eigenvalue weighted by atomic mass is 127. The molecule has 9 nitrogen and oxygen atoms in total. The van der Waals surface area contributed by atoms with Crippen LogP contribution in [0.3, 0.4) is 0 Å². The average Bonchev–Trinajstić information content (AvgIpc) is 3.65. The van der Waals surface area contributed by atoms with E-state index in [9.17, 15) is 4.79 Å². The Hall–Kier alpha value is -2.62. The SMILES string of the molecule is CCNC(=O)c1cc(N2CCC(COc3cccnc3[B]I)CC2)nc(OCC2CC2C#N)n1. The molecule has 1 N–H and O–H groups in total. The molecule has 11 heteroatoms. The molecular formula is C23H27BIN6O3. The number of carbonyl (C=O) groups excluding carboxylic acids is 1. The van der Waals surface area contributed by atoms with Gasteiger partial charge in [0.25, 0.3) is 11.0 Å². The van der Waals surface area contributed by atoms with Gasteiger partial charge in [-0.2, -0.15) is 15.2 Å². The molecule has 2 fully saturated rings. The van der Waals surface area contributed by atoms with E-state index in [4.69, 9.17) is 14.7 Å². The van der Waals surface area contributed by atoms with Crippen molar-refractivity contribution in [1.29, 1.82) is 5.26 Å². The summed E-state index contributed by atoms with van der Waals surface area (Å²) in [5, 5.41) is 13.7. The Bertz CT molecular complexity index is 1040. The van der Waals surface area contributed by atoms with Crippen molar-refractivity contribution in [3.8, 4) is 17.8 Å². The standard InChI is InChI=1S/C23H27BIN6O3/c1-2-27-22(32)18-11-20(30-23(29-18)34-14-17-10-16(17)12-26)31-8-5-15(6-9-31)13-33-19-4-3-7-28-21(19)24-25/h3-4,7,11,15-17H,2,5-6,8-10,13-14H2,1H3,(H,27,32). The predicted octanol–water partition coefficient (Wildman–Crippen LogP) is 2.13. The molecule has 34 heavy (non-hydrogen) atoms. The summed E-state index contributed by atoms with van der Waals surface area (Å²) in [5.74, 6) is 1.93. The van der Waals surface area contributed by atoms with E-state index in [1.54, 1.807) is 12.3 Å². The van der Waals surface area contributed by atoms with Crippen molar-refractivity contribution in [1.82, 2.24) is 20.3 Å². The topological polar surface area (TPSA) is 113 Å². The van der Waals surface area contributed by atoms with Crippen LogP contribution in [-0.2, 0) is 0 Å². The van der Waals surface area contributed by atoms with Crippen LogP contribution in [0.4, 0.5) is 5.82 Å². The van der Waals surface area contributed by atoms with Gasteiger partial charge >= 0.3 is 6.01 Å². The van der Waals surface area contributed by atoms with Crippen LogP contribution in [0.1, 0.15) is 36.7 Å². The number of halogens is 1. The second-order valence-electron chi connectivity index (χ2n) is 8.53. The molecule has 2 atom stereocenters. The Morgan fingerprint density at radius 1 is 1.32 bits per heavy atom. The second-order valence-corrected chi connectivity index (χ2v) is 9.16. The van der Waals surface area contributed by atoms with Gasteiger partial charge in [-0.15, -0.1) is 22.4 Å². The molecule has 0 aromatic carbocycles. The smallest absolute Gasteiger partial charge is 0.319 e. The lowest BCUT2D eigenvalue weighted by molar-refractivity contribution is 0.0949. The molecule has 1 radical (unpaired) electrons. The number of pyridine rings is 1. The highest BCUT2D eigenvalue weighted by Gasteiger charge is 2.38. The van der Waals surface area contributed by atoms with Gasteiger partial charge < -0.3 is 19.7 Å². The summed E-state index contributed by atoms with van der Waals surface area (Å²) in [6, 6.07) is 7.99. The zero-order chi connectivity index (χ0) is 23.9. The van der Waals surface area contributed by atoms with Crippen LogP contribution in [0.25, 0.3) is 0 Å². The third-order valence-electron chi connectivity index (χ3n) is 6.09. The van der Waals surface area contributed by atoms with Gasteiger partial charge in [0, 0.05) is 37.8 Å². The molecule has 0 spiro atoms. The number of rotatable bonds is 10. The molecule has 1 aliphatic heterocycles. The molecule has 2 aliphatic rings. The highest BCUT2D eigenvalue weighted by Crippen LogP contribution is 2.37. The van der Waals surface area contributed by atoms with E-state index in [-0.39, 0.29) is 23.8 Å². The first-order chi connectivity index (χ1) is 16.6. The number of hydrogen-bond acceptors (Lipinski definition) is 8. The predicted molar refractivity (Wildman–Crippen MR) is 137 cm³/mol. The van der Waals surface area contributed by atoms with Gasteiger partial charge in [-0.25, -0.2) is 0 Å². The van der Waals surface area contributed by atoms with Gasteiger partial charge in [0.2, 0.25) is 0 Å². The van der Waals surface area contributed by atoms with Crippen molar-refractivity contribution in [2.45, 2.75) is 26.2 Å². The fraction of sp³-hybridized carbons (Fsp3) is 0.522. The van der Waals surface area contributed by atoms with E-state index in [2.05, 4.69) is 53.6 Å². The molecule has 2 aromatic rings. The minimum Gasteiger partial charge on any atom is -0.492 e. The second kappa shape index (κ2) is 11.7. The van der Waals surface area contributed by atoms with E-state index in [0.29, 0.717) is 37.2 Å². The molecule has 0 bridgehead atoms. The highest BCUT2D eigenvalue weighted by molar-refractivity contribution is 14.1. The largest absolute Gasteiger partial charge is 0.492 e. The fourth-order valence-electron chi connectivity index (χ4n) is 3.92. The summed E-state index contributed by atoms with van der Waals surface area (Å²) < 4.78 is 11.8. The number of hydrogen-bond donors (Lipinski definition) is 1. The molecule has 1 amide bonds. The number of piperidine rings is 1. The molecular weight excluding hydrogens is 546 g/mol. The number of ether oxygens (including phenoxy) is 2. The number of nitriles is 1. The monoisotopic (exact) mass is 573 g/mol. The minimum atomic E-state index is -0.250. The minimum absolute atomic E-state index is 0.0461. The van der Waals surface area contributed by atoms with Gasteiger partial charge in [-0.1, -0.05) is 0 Å². The van der Waals surface area contributed by atoms with Crippen LogP contribution in [0.5, 0.6) is 11.8 Å². The van der Waals surface area contributed by atoms with Gasteiger partial charge in [0.15, 0.2) is 0 Å². The van der Waals surface area contributed by atoms with Crippen molar-refractivity contribution in [3.63, 3.8) is 0 Å². The Morgan fingerprint density at radius 2 is 2.15 bits per heavy atom. The first kappa shape index (κ1) is 24.5. The van der Waals surface area contributed by atoms with Crippen LogP contribution >= 0.6 is 22.4 Å². The van der Waals surface area contributed by atoms with Gasteiger partial charge in [-0.05, 0) is 44.2 Å². The molecule has 2 unspecified atom stereocenters. The van der Waals surface area contributed by atoms with Crippen molar-refractivity contribution in [2.24, 2.45) is 17.8 Å². The van der Waals surface area contributed by atoms with Crippen LogP contribution in [-0.4, -0.2) is 58.8 Å². The Labute approximate surface area is 213 Å². The molecule has 4 rings (SSSR count). The Kier molecular flexibility index (Phi) is 8.42. The number of aromatic nitrogens is 3. The van der Waals surface area contributed by atoms with Crippen LogP contribution in [0.15, 0.2) is 24.4 Å². The molecule has 3 heterocycles. The molecule has 1 aliphatic carbocycles. The quantitative estimate of drug-likeness (QED) is 0.340. The summed E-state index contributed by atoms with van der Waals surface area (Å²) in [6.07, 6.45) is 4.50. The maximum Gasteiger partial charge on any atom is 0.319 e. The van der Waals surface area contributed by atoms with Crippen LogP contribution < -0.4 is 25.3 Å².